The van der Waals surface area contributed by atoms with E-state index in [9.17, 15) is 14.4 Å². The first kappa shape index (κ1) is 15.8. The van der Waals surface area contributed by atoms with Gasteiger partial charge in [-0.05, 0) is 6.42 Å². The molecule has 0 aromatic carbocycles. The first-order valence-electron chi connectivity index (χ1n) is 6.27. The van der Waals surface area contributed by atoms with Gasteiger partial charge >= 0.3 is 5.97 Å². The zero-order chi connectivity index (χ0) is 14.3. The number of esters is 1. The lowest BCUT2D eigenvalue weighted by molar-refractivity contribution is -0.141. The van der Waals surface area contributed by atoms with E-state index in [-0.39, 0.29) is 17.1 Å². The molecule has 0 aromatic rings. The van der Waals surface area contributed by atoms with Crippen molar-refractivity contribution in [1.82, 2.24) is 9.80 Å². The number of hydrogen-bond donors (Lipinski definition) is 0. The van der Waals surface area contributed by atoms with Gasteiger partial charge < -0.3 is 14.5 Å². The molecule has 19 heavy (non-hydrogen) atoms. The molecule has 1 heterocycles. The van der Waals surface area contributed by atoms with Gasteiger partial charge in [-0.1, -0.05) is 11.8 Å². The lowest BCUT2D eigenvalue weighted by Gasteiger charge is -2.19. The Hall–Kier alpha value is -1.24. The maximum absolute atomic E-state index is 11.8. The summed E-state index contributed by atoms with van der Waals surface area (Å²) < 4.78 is 4.53. The predicted molar refractivity (Wildman–Crippen MR) is 72.9 cm³/mol. The van der Waals surface area contributed by atoms with E-state index in [1.165, 1.54) is 18.9 Å². The van der Waals surface area contributed by atoms with Crippen LogP contribution < -0.4 is 0 Å². The normalized spacial score (nSPS) is 14.6. The van der Waals surface area contributed by atoms with E-state index < -0.39 is 0 Å². The Bertz CT molecular complexity index is 349. The molecule has 0 aliphatic carbocycles. The summed E-state index contributed by atoms with van der Waals surface area (Å²) in [7, 11) is 3.06. The Morgan fingerprint density at radius 2 is 2.16 bits per heavy atom. The zero-order valence-electron chi connectivity index (χ0n) is 11.4. The maximum atomic E-state index is 11.8. The number of nitrogens with zero attached hydrogens (tertiary/aromatic N) is 2. The second-order valence-electron chi connectivity index (χ2n) is 4.35. The van der Waals surface area contributed by atoms with Gasteiger partial charge in [-0.25, -0.2) is 0 Å². The maximum Gasteiger partial charge on any atom is 0.305 e. The van der Waals surface area contributed by atoms with Gasteiger partial charge in [-0.2, -0.15) is 0 Å². The summed E-state index contributed by atoms with van der Waals surface area (Å²) in [6.45, 7) is 1.73. The lowest BCUT2D eigenvalue weighted by atomic mass is 10.2. The molecule has 0 atom stereocenters. The number of hydrogen-bond acceptors (Lipinski definition) is 5. The predicted octanol–water partition coefficient (Wildman–Crippen LogP) is 0.957. The third-order valence-corrected chi connectivity index (χ3v) is 3.86. The van der Waals surface area contributed by atoms with Gasteiger partial charge in [0.1, 0.15) is 0 Å². The van der Waals surface area contributed by atoms with Crippen molar-refractivity contribution in [2.75, 3.05) is 39.5 Å². The molecule has 0 bridgehead atoms. The van der Waals surface area contributed by atoms with Crippen molar-refractivity contribution in [3.63, 3.8) is 0 Å². The molecule has 0 saturated carbocycles. The highest BCUT2D eigenvalue weighted by atomic mass is 32.2. The monoisotopic (exact) mass is 288 g/mol. The summed E-state index contributed by atoms with van der Waals surface area (Å²) in [5, 5.41) is 0.0566. The van der Waals surface area contributed by atoms with Crippen LogP contribution in [0.2, 0.25) is 0 Å². The molecule has 2 amide bonds. The molecule has 0 unspecified atom stereocenters. The molecule has 1 aliphatic heterocycles. The van der Waals surface area contributed by atoms with Gasteiger partial charge in [-0.15, -0.1) is 0 Å². The average Bonchev–Trinajstić information content (AvgIpc) is 2.81. The highest BCUT2D eigenvalue weighted by molar-refractivity contribution is 8.13. The molecule has 1 rings (SSSR count). The number of methoxy groups -OCH3 is 1. The first-order valence-corrected chi connectivity index (χ1v) is 7.25. The topological polar surface area (TPSA) is 66.9 Å². The van der Waals surface area contributed by atoms with Crippen molar-refractivity contribution in [2.45, 2.75) is 19.3 Å². The van der Waals surface area contributed by atoms with Crippen molar-refractivity contribution in [3.05, 3.63) is 0 Å². The van der Waals surface area contributed by atoms with Crippen LogP contribution in [0, 0.1) is 0 Å². The van der Waals surface area contributed by atoms with E-state index in [0.29, 0.717) is 32.4 Å². The van der Waals surface area contributed by atoms with E-state index in [1.54, 1.807) is 16.8 Å². The second kappa shape index (κ2) is 8.04. The average molecular weight is 288 g/mol. The molecule has 0 N–H and O–H groups in total. The van der Waals surface area contributed by atoms with E-state index >= 15 is 0 Å². The number of carbonyl (C=O) groups excluding carboxylic acids is 3. The minimum absolute atomic E-state index is 0.00503. The Morgan fingerprint density at radius 1 is 1.42 bits per heavy atom. The largest absolute Gasteiger partial charge is 0.469 e. The van der Waals surface area contributed by atoms with Crippen molar-refractivity contribution >= 4 is 28.9 Å². The Labute approximate surface area is 117 Å². The van der Waals surface area contributed by atoms with Crippen LogP contribution in [-0.2, 0) is 14.3 Å². The summed E-state index contributed by atoms with van der Waals surface area (Å²) in [5.41, 5.74) is 0. The number of carbonyl (C=O) groups is 3. The first-order chi connectivity index (χ1) is 9.04. The quantitative estimate of drug-likeness (QED) is 0.653. The minimum Gasteiger partial charge on any atom is -0.469 e. The second-order valence-corrected chi connectivity index (χ2v) is 5.39. The fourth-order valence-electron chi connectivity index (χ4n) is 1.74. The summed E-state index contributed by atoms with van der Waals surface area (Å²) in [6.07, 6.45) is 1.24. The smallest absolute Gasteiger partial charge is 0.305 e. The number of rotatable bonds is 7. The van der Waals surface area contributed by atoms with E-state index in [2.05, 4.69) is 4.74 Å². The van der Waals surface area contributed by atoms with Crippen LogP contribution in [0.15, 0.2) is 0 Å². The molecular weight excluding hydrogens is 268 g/mol. The number of ether oxygens (including phenoxy) is 1. The molecule has 1 saturated heterocycles. The van der Waals surface area contributed by atoms with E-state index in [0.717, 1.165) is 12.3 Å². The summed E-state index contributed by atoms with van der Waals surface area (Å²) in [6, 6.07) is 0. The van der Waals surface area contributed by atoms with Gasteiger partial charge in [0, 0.05) is 45.3 Å². The fraction of sp³-hybridized carbons (Fsp3) is 0.750. The van der Waals surface area contributed by atoms with Gasteiger partial charge in [0.05, 0.1) is 7.11 Å². The van der Waals surface area contributed by atoms with E-state index in [1.807, 2.05) is 0 Å². The van der Waals surface area contributed by atoms with Gasteiger partial charge in [0.2, 0.25) is 5.91 Å². The Morgan fingerprint density at radius 3 is 2.74 bits per heavy atom. The summed E-state index contributed by atoms with van der Waals surface area (Å²) in [4.78, 5) is 37.4. The van der Waals surface area contributed by atoms with Crippen LogP contribution in [0.25, 0.3) is 0 Å². The van der Waals surface area contributed by atoms with Crippen LogP contribution in [0.5, 0.6) is 0 Å². The molecule has 7 heteroatoms. The molecule has 0 aromatic heterocycles. The molecule has 1 fully saturated rings. The standard InChI is InChI=1S/C12H20N2O4S/c1-13(6-3-4-11(16)18-2)10(15)5-7-14-8-9-19-12(14)17/h3-9H2,1-2H3. The van der Waals surface area contributed by atoms with E-state index in [4.69, 9.17) is 0 Å². The number of thioether (sulfide) groups is 1. The Kier molecular flexibility index (Phi) is 6.69. The molecule has 108 valence electrons. The molecule has 0 radical (unpaired) electrons. The third-order valence-electron chi connectivity index (χ3n) is 2.97. The molecule has 0 spiro atoms. The fourth-order valence-corrected chi connectivity index (χ4v) is 2.59. The Balaban J connectivity index is 2.17. The van der Waals surface area contributed by atoms with Crippen LogP contribution in [0.3, 0.4) is 0 Å². The summed E-state index contributed by atoms with van der Waals surface area (Å²) >= 11 is 1.30. The molecular formula is C12H20N2O4S. The van der Waals surface area contributed by atoms with Gasteiger partial charge in [0.25, 0.3) is 5.24 Å². The molecule has 1 aliphatic rings. The van der Waals surface area contributed by atoms with Gasteiger partial charge in [0.15, 0.2) is 0 Å². The van der Waals surface area contributed by atoms with Crippen LogP contribution in [0.1, 0.15) is 19.3 Å². The lowest BCUT2D eigenvalue weighted by Crippen LogP contribution is -2.33. The third kappa shape index (κ3) is 5.50. The van der Waals surface area contributed by atoms with Crippen LogP contribution in [-0.4, -0.2) is 66.5 Å². The van der Waals surface area contributed by atoms with Crippen LogP contribution in [0.4, 0.5) is 4.79 Å². The summed E-state index contributed by atoms with van der Waals surface area (Å²) in [5.74, 6) is 0.539. The minimum atomic E-state index is -0.263. The molecule has 6 nitrogen and oxygen atoms in total. The highest BCUT2D eigenvalue weighted by Crippen LogP contribution is 2.17. The van der Waals surface area contributed by atoms with Crippen molar-refractivity contribution in [2.24, 2.45) is 0 Å². The van der Waals surface area contributed by atoms with Crippen molar-refractivity contribution in [1.29, 1.82) is 0 Å². The zero-order valence-corrected chi connectivity index (χ0v) is 12.2. The highest BCUT2D eigenvalue weighted by Gasteiger charge is 2.22. The van der Waals surface area contributed by atoms with Crippen LogP contribution >= 0.6 is 11.8 Å². The number of amides is 2. The SMILES string of the molecule is COC(=O)CCCN(C)C(=O)CCN1CCSC1=O. The van der Waals surface area contributed by atoms with Crippen molar-refractivity contribution < 1.29 is 19.1 Å². The van der Waals surface area contributed by atoms with Gasteiger partial charge in [-0.3, -0.25) is 14.4 Å². The van der Waals surface area contributed by atoms with Crippen molar-refractivity contribution in [3.8, 4) is 0 Å².